The number of halogens is 1. The molecule has 0 spiro atoms. The second-order valence-electron chi connectivity index (χ2n) is 6.96. The van der Waals surface area contributed by atoms with Crippen LogP contribution in [0, 0.1) is 12.7 Å². The number of anilines is 3. The molecule has 1 N–H and O–H groups in total. The lowest BCUT2D eigenvalue weighted by Crippen LogP contribution is -2.49. The molecule has 4 rings (SSSR count). The zero-order chi connectivity index (χ0) is 20.2. The normalized spacial score (nSPS) is 14.0. The highest BCUT2D eigenvalue weighted by Crippen LogP contribution is 2.22. The molecule has 7 heteroatoms. The summed E-state index contributed by atoms with van der Waals surface area (Å²) in [5.41, 5.74) is 2.94. The topological polar surface area (TPSA) is 61.4 Å². The van der Waals surface area contributed by atoms with Gasteiger partial charge in [0.25, 0.3) is 5.91 Å². The molecule has 0 atom stereocenters. The number of hydrogen-bond acceptors (Lipinski definition) is 5. The summed E-state index contributed by atoms with van der Waals surface area (Å²) in [6, 6.07) is 16.3. The number of benzene rings is 2. The van der Waals surface area contributed by atoms with Crippen LogP contribution in [0.15, 0.2) is 60.9 Å². The fourth-order valence-corrected chi connectivity index (χ4v) is 3.41. The van der Waals surface area contributed by atoms with Crippen LogP contribution in [0.1, 0.15) is 16.1 Å². The van der Waals surface area contributed by atoms with Crippen molar-refractivity contribution in [2.75, 3.05) is 36.4 Å². The number of nitrogens with zero attached hydrogens (tertiary/aromatic N) is 4. The molecule has 0 bridgehead atoms. The Labute approximate surface area is 169 Å². The number of rotatable bonds is 4. The lowest BCUT2D eigenvalue weighted by Gasteiger charge is -2.36. The molecule has 29 heavy (non-hydrogen) atoms. The predicted octanol–water partition coefficient (Wildman–Crippen LogP) is 3.63. The highest BCUT2D eigenvalue weighted by Gasteiger charge is 2.24. The maximum Gasteiger partial charge on any atom is 0.272 e. The van der Waals surface area contributed by atoms with E-state index in [1.54, 1.807) is 23.1 Å². The first-order valence-electron chi connectivity index (χ1n) is 9.55. The van der Waals surface area contributed by atoms with Crippen molar-refractivity contribution < 1.29 is 9.18 Å². The van der Waals surface area contributed by atoms with Gasteiger partial charge in [-0.2, -0.15) is 0 Å². The van der Waals surface area contributed by atoms with E-state index in [2.05, 4.69) is 15.3 Å². The smallest absolute Gasteiger partial charge is 0.272 e. The van der Waals surface area contributed by atoms with Gasteiger partial charge >= 0.3 is 0 Å². The minimum absolute atomic E-state index is 0.145. The predicted molar refractivity (Wildman–Crippen MR) is 111 cm³/mol. The Balaban J connectivity index is 1.43. The fraction of sp³-hybridized carbons (Fsp3) is 0.227. The van der Waals surface area contributed by atoms with E-state index in [4.69, 9.17) is 0 Å². The third-order valence-corrected chi connectivity index (χ3v) is 5.05. The number of para-hydroxylation sites is 2. The number of amides is 1. The van der Waals surface area contributed by atoms with Crippen LogP contribution in [-0.4, -0.2) is 47.0 Å². The summed E-state index contributed by atoms with van der Waals surface area (Å²) in [4.78, 5) is 25.0. The number of aromatic nitrogens is 2. The average Bonchev–Trinajstić information content (AvgIpc) is 2.76. The first kappa shape index (κ1) is 18.9. The number of hydrogen-bond donors (Lipinski definition) is 1. The Morgan fingerprint density at radius 1 is 1.00 bits per heavy atom. The van der Waals surface area contributed by atoms with E-state index in [9.17, 15) is 9.18 Å². The van der Waals surface area contributed by atoms with Gasteiger partial charge in [0.15, 0.2) is 0 Å². The molecule has 3 aromatic rings. The van der Waals surface area contributed by atoms with Gasteiger partial charge < -0.3 is 15.1 Å². The van der Waals surface area contributed by atoms with Crippen molar-refractivity contribution in [3.05, 3.63) is 78.0 Å². The monoisotopic (exact) mass is 391 g/mol. The molecule has 1 aromatic heterocycles. The summed E-state index contributed by atoms with van der Waals surface area (Å²) in [6.45, 7) is 4.18. The Bertz CT molecular complexity index is 1020. The van der Waals surface area contributed by atoms with E-state index < -0.39 is 0 Å². The van der Waals surface area contributed by atoms with Crippen LogP contribution in [0.4, 0.5) is 21.6 Å². The number of nitrogens with one attached hydrogen (secondary N) is 1. The summed E-state index contributed by atoms with van der Waals surface area (Å²) in [7, 11) is 0. The van der Waals surface area contributed by atoms with E-state index in [1.165, 1.54) is 12.4 Å². The standard InChI is InChI=1S/C22H22FN5O/c1-16-6-2-4-8-18(16)26-21-14-19(24-15-25-21)22(29)28-12-10-27(11-13-28)20-9-5-3-7-17(20)23/h2-9,14-15H,10-13H2,1H3,(H,24,25,26). The van der Waals surface area contributed by atoms with E-state index in [1.807, 2.05) is 42.2 Å². The second-order valence-corrected chi connectivity index (χ2v) is 6.96. The van der Waals surface area contributed by atoms with Gasteiger partial charge in [0.05, 0.1) is 5.69 Å². The molecule has 1 amide bonds. The maximum atomic E-state index is 14.0. The minimum Gasteiger partial charge on any atom is -0.366 e. The fourth-order valence-electron chi connectivity index (χ4n) is 3.41. The molecule has 0 radical (unpaired) electrons. The van der Waals surface area contributed by atoms with Gasteiger partial charge in [0.2, 0.25) is 0 Å². The first-order chi connectivity index (χ1) is 14.1. The SMILES string of the molecule is Cc1ccccc1Nc1cc(C(=O)N2CCN(c3ccccc3F)CC2)ncn1. The van der Waals surface area contributed by atoms with Crippen LogP contribution in [0.3, 0.4) is 0 Å². The van der Waals surface area contributed by atoms with Gasteiger partial charge in [-0.3, -0.25) is 4.79 Å². The Morgan fingerprint density at radius 3 is 2.48 bits per heavy atom. The van der Waals surface area contributed by atoms with Crippen molar-refractivity contribution in [2.24, 2.45) is 0 Å². The van der Waals surface area contributed by atoms with E-state index >= 15 is 0 Å². The molecule has 1 aliphatic rings. The van der Waals surface area contributed by atoms with E-state index in [0.29, 0.717) is 43.4 Å². The van der Waals surface area contributed by atoms with Crippen molar-refractivity contribution in [2.45, 2.75) is 6.92 Å². The summed E-state index contributed by atoms with van der Waals surface area (Å²) >= 11 is 0. The van der Waals surface area contributed by atoms with Gasteiger partial charge in [-0.25, -0.2) is 14.4 Å². The number of aryl methyl sites for hydroxylation is 1. The first-order valence-corrected chi connectivity index (χ1v) is 9.55. The molecule has 1 saturated heterocycles. The molecule has 1 fully saturated rings. The van der Waals surface area contributed by atoms with Crippen LogP contribution in [0.25, 0.3) is 0 Å². The lowest BCUT2D eigenvalue weighted by molar-refractivity contribution is 0.0740. The molecular weight excluding hydrogens is 369 g/mol. The number of carbonyl (C=O) groups excluding carboxylic acids is 1. The van der Waals surface area contributed by atoms with Gasteiger partial charge in [0.1, 0.15) is 23.7 Å². The third-order valence-electron chi connectivity index (χ3n) is 5.05. The van der Waals surface area contributed by atoms with Crippen LogP contribution >= 0.6 is 0 Å². The number of carbonyl (C=O) groups is 1. The molecule has 0 unspecified atom stereocenters. The number of piperazine rings is 1. The second kappa shape index (κ2) is 8.26. The van der Waals surface area contributed by atoms with Crippen molar-refractivity contribution in [1.29, 1.82) is 0 Å². The summed E-state index contributed by atoms with van der Waals surface area (Å²) in [5, 5.41) is 3.23. The van der Waals surface area contributed by atoms with Crippen molar-refractivity contribution >= 4 is 23.1 Å². The summed E-state index contributed by atoms with van der Waals surface area (Å²) in [5.74, 6) is 0.186. The molecule has 2 aromatic carbocycles. The Morgan fingerprint density at radius 2 is 1.72 bits per heavy atom. The third kappa shape index (κ3) is 4.18. The molecule has 6 nitrogen and oxygen atoms in total. The quantitative estimate of drug-likeness (QED) is 0.736. The summed E-state index contributed by atoms with van der Waals surface area (Å²) in [6.07, 6.45) is 1.39. The molecular formula is C22H22FN5O. The molecule has 1 aliphatic heterocycles. The average molecular weight is 391 g/mol. The van der Waals surface area contributed by atoms with Crippen LogP contribution in [0.2, 0.25) is 0 Å². The van der Waals surface area contributed by atoms with Crippen molar-refractivity contribution in [3.63, 3.8) is 0 Å². The van der Waals surface area contributed by atoms with Crippen LogP contribution in [-0.2, 0) is 0 Å². The molecule has 0 saturated carbocycles. The van der Waals surface area contributed by atoms with Crippen LogP contribution < -0.4 is 10.2 Å². The van der Waals surface area contributed by atoms with Crippen molar-refractivity contribution in [3.8, 4) is 0 Å². The summed E-state index contributed by atoms with van der Waals surface area (Å²) < 4.78 is 14.0. The highest BCUT2D eigenvalue weighted by molar-refractivity contribution is 5.93. The van der Waals surface area contributed by atoms with E-state index in [-0.39, 0.29) is 11.7 Å². The van der Waals surface area contributed by atoms with E-state index in [0.717, 1.165) is 11.3 Å². The highest BCUT2D eigenvalue weighted by atomic mass is 19.1. The Kier molecular flexibility index (Phi) is 5.37. The largest absolute Gasteiger partial charge is 0.366 e. The Hall–Kier alpha value is -3.48. The van der Waals surface area contributed by atoms with Gasteiger partial charge in [0, 0.05) is 37.9 Å². The zero-order valence-corrected chi connectivity index (χ0v) is 16.2. The maximum absolute atomic E-state index is 14.0. The molecule has 2 heterocycles. The van der Waals surface area contributed by atoms with Gasteiger partial charge in [-0.05, 0) is 30.7 Å². The van der Waals surface area contributed by atoms with Gasteiger partial charge in [-0.15, -0.1) is 0 Å². The van der Waals surface area contributed by atoms with Crippen LogP contribution in [0.5, 0.6) is 0 Å². The zero-order valence-electron chi connectivity index (χ0n) is 16.2. The van der Waals surface area contributed by atoms with Crippen molar-refractivity contribution in [1.82, 2.24) is 14.9 Å². The molecule has 148 valence electrons. The van der Waals surface area contributed by atoms with Gasteiger partial charge in [-0.1, -0.05) is 30.3 Å². The lowest BCUT2D eigenvalue weighted by atomic mass is 10.2. The minimum atomic E-state index is -0.241. The molecule has 0 aliphatic carbocycles.